The van der Waals surface area contributed by atoms with Gasteiger partial charge >= 0.3 is 6.18 Å². The molecule has 2 N–H and O–H groups in total. The Morgan fingerprint density at radius 1 is 1.35 bits per heavy atom. The molecule has 3 rings (SSSR count). The first-order valence-corrected chi connectivity index (χ1v) is 8.26. The zero-order chi connectivity index (χ0) is 18.7. The van der Waals surface area contributed by atoms with E-state index in [1.54, 1.807) is 7.05 Å². The van der Waals surface area contributed by atoms with Crippen molar-refractivity contribution in [1.82, 2.24) is 30.2 Å². The molecule has 0 saturated carbocycles. The molecule has 2 aromatic heterocycles. The van der Waals surface area contributed by atoms with Gasteiger partial charge in [-0.15, -0.1) is 0 Å². The van der Waals surface area contributed by atoms with Gasteiger partial charge in [-0.05, 0) is 31.8 Å². The van der Waals surface area contributed by atoms with Gasteiger partial charge in [0.25, 0.3) is 5.91 Å². The molecule has 0 aromatic carbocycles. The summed E-state index contributed by atoms with van der Waals surface area (Å²) in [5.74, 6) is -0.521. The molecule has 0 atom stereocenters. The molecule has 1 saturated heterocycles. The number of amides is 1. The van der Waals surface area contributed by atoms with E-state index in [9.17, 15) is 18.0 Å². The number of imidazole rings is 1. The quantitative estimate of drug-likeness (QED) is 0.857. The van der Waals surface area contributed by atoms with Crippen LogP contribution in [0.5, 0.6) is 0 Å². The second-order valence-electron chi connectivity index (χ2n) is 6.25. The molecule has 7 nitrogen and oxygen atoms in total. The molecule has 10 heteroatoms. The minimum Gasteiger partial charge on any atom is -0.350 e. The molecule has 0 bridgehead atoms. The minimum atomic E-state index is -4.68. The van der Waals surface area contributed by atoms with Gasteiger partial charge in [0, 0.05) is 19.7 Å². The van der Waals surface area contributed by atoms with Gasteiger partial charge in [0.2, 0.25) is 0 Å². The number of aryl methyl sites for hydroxylation is 1. The van der Waals surface area contributed by atoms with E-state index in [0.29, 0.717) is 24.2 Å². The zero-order valence-electron chi connectivity index (χ0n) is 14.2. The van der Waals surface area contributed by atoms with Crippen LogP contribution in [-0.4, -0.2) is 45.1 Å². The highest BCUT2D eigenvalue weighted by atomic mass is 19.4. The molecule has 0 unspecified atom stereocenters. The fourth-order valence-corrected chi connectivity index (χ4v) is 2.81. The molecule has 26 heavy (non-hydrogen) atoms. The fourth-order valence-electron chi connectivity index (χ4n) is 2.81. The molecule has 0 spiro atoms. The second-order valence-corrected chi connectivity index (χ2v) is 6.25. The number of nitrogens with one attached hydrogen (secondary N) is 2. The first kappa shape index (κ1) is 18.3. The van der Waals surface area contributed by atoms with Gasteiger partial charge in [0.1, 0.15) is 17.1 Å². The van der Waals surface area contributed by atoms with Gasteiger partial charge < -0.3 is 15.2 Å². The van der Waals surface area contributed by atoms with E-state index in [2.05, 4.69) is 25.6 Å². The summed E-state index contributed by atoms with van der Waals surface area (Å²) >= 11 is 0. The zero-order valence-corrected chi connectivity index (χ0v) is 14.2. The number of rotatable bonds is 4. The third kappa shape index (κ3) is 4.18. The summed E-state index contributed by atoms with van der Waals surface area (Å²) in [6.45, 7) is 2.15. The number of nitrogens with zero attached hydrogens (tertiary/aromatic N) is 4. The average molecular weight is 368 g/mol. The highest BCUT2D eigenvalue weighted by Gasteiger charge is 2.34. The van der Waals surface area contributed by atoms with Crippen LogP contribution in [0.3, 0.4) is 0 Å². The highest BCUT2D eigenvalue weighted by Crippen LogP contribution is 2.29. The Hall–Kier alpha value is -2.49. The fraction of sp³-hybridized carbons (Fsp3) is 0.500. The van der Waals surface area contributed by atoms with Crippen LogP contribution in [0.1, 0.15) is 29.0 Å². The number of piperidine rings is 1. The van der Waals surface area contributed by atoms with Gasteiger partial charge in [-0.3, -0.25) is 4.79 Å². The summed E-state index contributed by atoms with van der Waals surface area (Å²) in [5.41, 5.74) is -1.17. The Bertz CT molecular complexity index is 783. The van der Waals surface area contributed by atoms with Gasteiger partial charge in [-0.1, -0.05) is 0 Å². The first-order valence-electron chi connectivity index (χ1n) is 8.26. The molecule has 1 amide bonds. The van der Waals surface area contributed by atoms with E-state index in [4.69, 9.17) is 0 Å². The Morgan fingerprint density at radius 2 is 2.08 bits per heavy atom. The van der Waals surface area contributed by atoms with Crippen LogP contribution in [0.2, 0.25) is 0 Å². The number of carbonyl (C=O) groups excluding carboxylic acids is 1. The maximum Gasteiger partial charge on any atom is 0.433 e. The number of hydrogen-bond donors (Lipinski definition) is 2. The molecule has 1 aliphatic heterocycles. The summed E-state index contributed by atoms with van der Waals surface area (Å²) in [7, 11) is 1.61. The van der Waals surface area contributed by atoms with Crippen molar-refractivity contribution in [3.63, 3.8) is 0 Å². The topological polar surface area (TPSA) is 84.7 Å². The van der Waals surface area contributed by atoms with Crippen molar-refractivity contribution in [1.29, 1.82) is 0 Å². The number of halogens is 3. The Morgan fingerprint density at radius 3 is 2.69 bits per heavy atom. The summed E-state index contributed by atoms with van der Waals surface area (Å²) in [6, 6.07) is 0.678. The van der Waals surface area contributed by atoms with Crippen molar-refractivity contribution in [2.24, 2.45) is 13.0 Å². The number of aromatic nitrogens is 4. The van der Waals surface area contributed by atoms with E-state index in [0.717, 1.165) is 25.9 Å². The Kier molecular flexibility index (Phi) is 5.21. The van der Waals surface area contributed by atoms with Crippen LogP contribution >= 0.6 is 0 Å². The normalized spacial score (nSPS) is 15.8. The lowest BCUT2D eigenvalue weighted by molar-refractivity contribution is -0.141. The molecule has 1 aliphatic rings. The summed E-state index contributed by atoms with van der Waals surface area (Å²) < 4.78 is 41.0. The van der Waals surface area contributed by atoms with Gasteiger partial charge in [0.05, 0.1) is 12.5 Å². The van der Waals surface area contributed by atoms with Crippen LogP contribution in [0.4, 0.5) is 13.2 Å². The molecule has 0 radical (unpaired) electrons. The molecule has 3 heterocycles. The van der Waals surface area contributed by atoms with Crippen molar-refractivity contribution in [2.45, 2.75) is 19.0 Å². The maximum absolute atomic E-state index is 13.2. The predicted molar refractivity (Wildman–Crippen MR) is 87.2 cm³/mol. The second kappa shape index (κ2) is 7.40. The number of hydrogen-bond acceptors (Lipinski definition) is 5. The summed E-state index contributed by atoms with van der Waals surface area (Å²) in [4.78, 5) is 23.8. The number of alkyl halides is 3. The van der Waals surface area contributed by atoms with E-state index >= 15 is 0 Å². The molecular weight excluding hydrogens is 349 g/mol. The monoisotopic (exact) mass is 368 g/mol. The average Bonchev–Trinajstić information content (AvgIpc) is 3.05. The van der Waals surface area contributed by atoms with Crippen LogP contribution in [-0.2, 0) is 13.2 Å². The van der Waals surface area contributed by atoms with Crippen molar-refractivity contribution in [2.75, 3.05) is 19.6 Å². The van der Waals surface area contributed by atoms with Crippen molar-refractivity contribution in [3.8, 4) is 11.5 Å². The van der Waals surface area contributed by atoms with Crippen molar-refractivity contribution >= 4 is 5.91 Å². The van der Waals surface area contributed by atoms with Gasteiger partial charge in [-0.25, -0.2) is 15.0 Å². The standard InChI is InChI=1S/C16H19F3N6O/c1-25-9-21-8-12(25)14-23-11(6-13(24-14)16(17,18)19)15(26)22-7-10-2-4-20-5-3-10/h6,8-10,20H,2-5,7H2,1H3,(H,22,26). The number of carbonyl (C=O) groups is 1. The van der Waals surface area contributed by atoms with Gasteiger partial charge in [-0.2, -0.15) is 13.2 Å². The Labute approximate surface area is 148 Å². The Balaban J connectivity index is 1.85. The van der Waals surface area contributed by atoms with E-state index in [1.807, 2.05) is 0 Å². The highest BCUT2D eigenvalue weighted by molar-refractivity contribution is 5.92. The largest absolute Gasteiger partial charge is 0.433 e. The molecule has 2 aromatic rings. The van der Waals surface area contributed by atoms with Crippen LogP contribution in [0.15, 0.2) is 18.6 Å². The maximum atomic E-state index is 13.2. The van der Waals surface area contributed by atoms with Crippen LogP contribution in [0.25, 0.3) is 11.5 Å². The van der Waals surface area contributed by atoms with Gasteiger partial charge in [0.15, 0.2) is 5.82 Å². The predicted octanol–water partition coefficient (Wildman–Crippen LogP) is 1.63. The smallest absolute Gasteiger partial charge is 0.350 e. The lowest BCUT2D eigenvalue weighted by Gasteiger charge is -2.22. The van der Waals surface area contributed by atoms with E-state index in [-0.39, 0.29) is 11.5 Å². The minimum absolute atomic E-state index is 0.188. The molecule has 0 aliphatic carbocycles. The van der Waals surface area contributed by atoms with Crippen molar-refractivity contribution < 1.29 is 18.0 Å². The first-order chi connectivity index (χ1) is 12.3. The third-order valence-electron chi connectivity index (χ3n) is 4.31. The molecule has 1 fully saturated rings. The lowest BCUT2D eigenvalue weighted by Crippen LogP contribution is -2.36. The molecular formula is C16H19F3N6O. The third-order valence-corrected chi connectivity index (χ3v) is 4.31. The van der Waals surface area contributed by atoms with E-state index in [1.165, 1.54) is 17.1 Å². The van der Waals surface area contributed by atoms with Crippen molar-refractivity contribution in [3.05, 3.63) is 30.0 Å². The summed E-state index contributed by atoms with van der Waals surface area (Å²) in [6.07, 6.45) is -0.0708. The van der Waals surface area contributed by atoms with Crippen LogP contribution in [0, 0.1) is 5.92 Å². The lowest BCUT2D eigenvalue weighted by atomic mass is 9.98. The summed E-state index contributed by atoms with van der Waals surface area (Å²) in [5, 5.41) is 5.91. The SMILES string of the molecule is Cn1cncc1-c1nc(C(=O)NCC2CCNCC2)cc(C(F)(F)F)n1. The van der Waals surface area contributed by atoms with Crippen LogP contribution < -0.4 is 10.6 Å². The molecule has 140 valence electrons. The van der Waals surface area contributed by atoms with E-state index < -0.39 is 17.8 Å².